The smallest absolute Gasteiger partial charge is 0.336 e. The maximum Gasteiger partial charge on any atom is 0.336 e. The number of fused-ring (bicyclic) bond motifs is 3. The Morgan fingerprint density at radius 3 is 2.64 bits per heavy atom. The van der Waals surface area contributed by atoms with Gasteiger partial charge < -0.3 is 14.6 Å². The van der Waals surface area contributed by atoms with E-state index in [1.165, 1.54) is 33.8 Å². The number of rotatable bonds is 2. The molecule has 142 valence electrons. The molecule has 1 aromatic heterocycles. The van der Waals surface area contributed by atoms with Crippen molar-refractivity contribution >= 4 is 22.8 Å². The van der Waals surface area contributed by atoms with Gasteiger partial charge in [-0.15, -0.1) is 0 Å². The number of aryl methyl sites for hydroxylation is 2. The number of carbonyl (C=O) groups excluding carboxylic acids is 1. The summed E-state index contributed by atoms with van der Waals surface area (Å²) >= 11 is 0. The Morgan fingerprint density at radius 1 is 1.07 bits per heavy atom. The molecule has 1 amide bonds. The van der Waals surface area contributed by atoms with Gasteiger partial charge in [0.2, 0.25) is 0 Å². The maximum absolute atomic E-state index is 13.4. The van der Waals surface area contributed by atoms with Crippen molar-refractivity contribution in [1.82, 2.24) is 9.47 Å². The van der Waals surface area contributed by atoms with Crippen LogP contribution in [-0.4, -0.2) is 33.0 Å². The number of carbonyl (C=O) groups is 2. The molecule has 0 saturated heterocycles. The molecule has 1 unspecified atom stereocenters. The van der Waals surface area contributed by atoms with Crippen molar-refractivity contribution in [3.8, 4) is 0 Å². The average Bonchev–Trinajstić information content (AvgIpc) is 3.02. The molecule has 1 N–H and O–H groups in total. The second kappa shape index (κ2) is 6.23. The average molecular weight is 374 g/mol. The van der Waals surface area contributed by atoms with Gasteiger partial charge in [-0.2, -0.15) is 0 Å². The molecule has 28 heavy (non-hydrogen) atoms. The summed E-state index contributed by atoms with van der Waals surface area (Å²) in [5.41, 5.74) is 5.46. The SMILES string of the molecule is Cc1ccc2c(c1)c1c3n2CCN(C(=O)c2ccccc2C(=O)O)C3CCC1. The Morgan fingerprint density at radius 2 is 1.86 bits per heavy atom. The third kappa shape index (κ3) is 2.39. The standard InChI is InChI=1S/C23H22N2O3/c1-14-9-10-19-18(13-14)15-7-4-8-20-21(15)24(19)11-12-25(20)22(26)16-5-2-3-6-17(16)23(27)28/h2-3,5-6,9-10,13,20H,4,7-8,11-12H2,1H3,(H,27,28). The van der Waals surface area contributed by atoms with Gasteiger partial charge in [-0.25, -0.2) is 4.79 Å². The first-order chi connectivity index (χ1) is 13.6. The van der Waals surface area contributed by atoms with Crippen molar-refractivity contribution in [3.05, 3.63) is 70.4 Å². The van der Waals surface area contributed by atoms with Crippen LogP contribution >= 0.6 is 0 Å². The van der Waals surface area contributed by atoms with Crippen LogP contribution in [-0.2, 0) is 13.0 Å². The maximum atomic E-state index is 13.4. The summed E-state index contributed by atoms with van der Waals surface area (Å²) < 4.78 is 2.38. The Balaban J connectivity index is 1.62. The van der Waals surface area contributed by atoms with Crippen LogP contribution in [0.5, 0.6) is 0 Å². The lowest BCUT2D eigenvalue weighted by atomic mass is 9.89. The predicted octanol–water partition coefficient (Wildman–Crippen LogP) is 4.18. The number of hydrogen-bond donors (Lipinski definition) is 1. The van der Waals surface area contributed by atoms with Gasteiger partial charge in [0.25, 0.3) is 5.91 Å². The molecule has 1 aliphatic carbocycles. The van der Waals surface area contributed by atoms with Crippen molar-refractivity contribution in [3.63, 3.8) is 0 Å². The molecule has 5 rings (SSSR count). The first kappa shape index (κ1) is 17.0. The number of carboxylic acid groups (broad SMARTS) is 1. The second-order valence-corrected chi connectivity index (χ2v) is 7.79. The highest BCUT2D eigenvalue weighted by Gasteiger charge is 2.38. The van der Waals surface area contributed by atoms with Gasteiger partial charge >= 0.3 is 5.97 Å². The number of aromatic carboxylic acids is 1. The summed E-state index contributed by atoms with van der Waals surface area (Å²) in [4.78, 5) is 26.9. The van der Waals surface area contributed by atoms with E-state index in [2.05, 4.69) is 29.7 Å². The van der Waals surface area contributed by atoms with E-state index in [0.29, 0.717) is 6.54 Å². The molecule has 2 aromatic carbocycles. The van der Waals surface area contributed by atoms with Gasteiger partial charge in [-0.05, 0) is 56.0 Å². The van der Waals surface area contributed by atoms with Crippen LogP contribution in [0.2, 0.25) is 0 Å². The number of carboxylic acids is 1. The summed E-state index contributed by atoms with van der Waals surface area (Å²) in [6.45, 7) is 3.45. The number of aromatic nitrogens is 1. The van der Waals surface area contributed by atoms with Crippen molar-refractivity contribution in [2.45, 2.75) is 38.8 Å². The minimum atomic E-state index is -1.06. The minimum Gasteiger partial charge on any atom is -0.478 e. The zero-order valence-corrected chi connectivity index (χ0v) is 15.8. The monoisotopic (exact) mass is 374 g/mol. The van der Waals surface area contributed by atoms with Gasteiger partial charge in [0.15, 0.2) is 0 Å². The number of benzene rings is 2. The highest BCUT2D eigenvalue weighted by atomic mass is 16.4. The Hall–Kier alpha value is -3.08. The largest absolute Gasteiger partial charge is 0.478 e. The van der Waals surface area contributed by atoms with Crippen molar-refractivity contribution in [2.24, 2.45) is 0 Å². The molecule has 0 spiro atoms. The quantitative estimate of drug-likeness (QED) is 0.732. The molecule has 1 atom stereocenters. The van der Waals surface area contributed by atoms with Crippen LogP contribution in [0.4, 0.5) is 0 Å². The summed E-state index contributed by atoms with van der Waals surface area (Å²) in [5, 5.41) is 10.8. The Bertz CT molecular complexity index is 1130. The number of nitrogens with zero attached hydrogens (tertiary/aromatic N) is 2. The number of hydrogen-bond acceptors (Lipinski definition) is 2. The van der Waals surface area contributed by atoms with Crippen LogP contribution in [0.1, 0.15) is 56.4 Å². The zero-order chi connectivity index (χ0) is 19.4. The summed E-state index contributed by atoms with van der Waals surface area (Å²) in [7, 11) is 0. The lowest BCUT2D eigenvalue weighted by Gasteiger charge is -2.40. The Kier molecular flexibility index (Phi) is 3.79. The Labute approximate surface area is 163 Å². The molecule has 0 radical (unpaired) electrons. The molecule has 0 fully saturated rings. The van der Waals surface area contributed by atoms with Crippen molar-refractivity contribution < 1.29 is 14.7 Å². The van der Waals surface area contributed by atoms with E-state index in [9.17, 15) is 14.7 Å². The lowest BCUT2D eigenvalue weighted by Crippen LogP contribution is -2.43. The third-order valence-corrected chi connectivity index (χ3v) is 6.18. The molecule has 5 heteroatoms. The van der Waals surface area contributed by atoms with Crippen molar-refractivity contribution in [1.29, 1.82) is 0 Å². The van der Waals surface area contributed by atoms with E-state index < -0.39 is 5.97 Å². The first-order valence-corrected chi connectivity index (χ1v) is 9.81. The van der Waals surface area contributed by atoms with E-state index in [4.69, 9.17) is 0 Å². The van der Waals surface area contributed by atoms with Gasteiger partial charge in [0.05, 0.1) is 17.2 Å². The molecular weight excluding hydrogens is 352 g/mol. The van der Waals surface area contributed by atoms with E-state index in [-0.39, 0.29) is 23.1 Å². The molecule has 2 heterocycles. The summed E-state index contributed by atoms with van der Waals surface area (Å²) in [5.74, 6) is -1.24. The van der Waals surface area contributed by atoms with Gasteiger partial charge in [0, 0.05) is 29.7 Å². The molecular formula is C23H22N2O3. The fourth-order valence-electron chi connectivity index (χ4n) is 4.97. The molecule has 5 nitrogen and oxygen atoms in total. The van der Waals surface area contributed by atoms with Crippen LogP contribution in [0.3, 0.4) is 0 Å². The van der Waals surface area contributed by atoms with Crippen molar-refractivity contribution in [2.75, 3.05) is 6.54 Å². The highest BCUT2D eigenvalue weighted by molar-refractivity contribution is 6.05. The molecule has 2 aliphatic rings. The second-order valence-electron chi connectivity index (χ2n) is 7.79. The highest BCUT2D eigenvalue weighted by Crippen LogP contribution is 2.43. The molecule has 1 aliphatic heterocycles. The first-order valence-electron chi connectivity index (χ1n) is 9.81. The van der Waals surface area contributed by atoms with Gasteiger partial charge in [-0.3, -0.25) is 4.79 Å². The fourth-order valence-corrected chi connectivity index (χ4v) is 4.97. The summed E-state index contributed by atoms with van der Waals surface area (Å²) in [6.07, 6.45) is 2.99. The zero-order valence-electron chi connectivity index (χ0n) is 15.8. The fraction of sp³-hybridized carbons (Fsp3) is 0.304. The van der Waals surface area contributed by atoms with Gasteiger partial charge in [-0.1, -0.05) is 23.8 Å². The van der Waals surface area contributed by atoms with Gasteiger partial charge in [0.1, 0.15) is 0 Å². The lowest BCUT2D eigenvalue weighted by molar-refractivity contribution is 0.0585. The van der Waals surface area contributed by atoms with E-state index >= 15 is 0 Å². The van der Waals surface area contributed by atoms with Crippen LogP contribution in [0, 0.1) is 6.92 Å². The van der Waals surface area contributed by atoms with Crippen LogP contribution < -0.4 is 0 Å². The topological polar surface area (TPSA) is 62.5 Å². The minimum absolute atomic E-state index is 0.0135. The van der Waals surface area contributed by atoms with Crippen LogP contribution in [0.15, 0.2) is 42.5 Å². The normalized spacial score (nSPS) is 18.2. The van der Waals surface area contributed by atoms with Crippen LogP contribution in [0.25, 0.3) is 10.9 Å². The molecule has 3 aromatic rings. The van der Waals surface area contributed by atoms with E-state index in [0.717, 1.165) is 25.8 Å². The van der Waals surface area contributed by atoms with E-state index in [1.54, 1.807) is 18.2 Å². The molecule has 0 saturated carbocycles. The predicted molar refractivity (Wildman–Crippen MR) is 107 cm³/mol. The summed E-state index contributed by atoms with van der Waals surface area (Å²) in [6, 6.07) is 13.1. The number of amides is 1. The third-order valence-electron chi connectivity index (χ3n) is 6.18. The molecule has 0 bridgehead atoms. The van der Waals surface area contributed by atoms with E-state index in [1.807, 2.05) is 4.90 Å².